The predicted molar refractivity (Wildman–Crippen MR) is 124 cm³/mol. The third-order valence-electron chi connectivity index (χ3n) is 4.32. The lowest BCUT2D eigenvalue weighted by molar-refractivity contribution is -0.144. The van der Waals surface area contributed by atoms with E-state index in [4.69, 9.17) is 18.9 Å². The molecule has 0 N–H and O–H groups in total. The SMILES string of the molecule is CCOC(=O)CCCOc1cc(C)c(OCCCC(=O)OCC)c2c1SC(=C(C#N)C#N)S2. The van der Waals surface area contributed by atoms with Gasteiger partial charge in [-0.2, -0.15) is 10.5 Å². The molecule has 0 aliphatic carbocycles. The van der Waals surface area contributed by atoms with Crippen LogP contribution in [0.15, 0.2) is 25.7 Å². The van der Waals surface area contributed by atoms with Crippen molar-refractivity contribution >= 4 is 35.5 Å². The van der Waals surface area contributed by atoms with Crippen LogP contribution < -0.4 is 9.47 Å². The molecule has 1 aliphatic heterocycles. The number of esters is 2. The zero-order valence-electron chi connectivity index (χ0n) is 18.9. The van der Waals surface area contributed by atoms with E-state index >= 15 is 0 Å². The number of hydrogen-bond acceptors (Lipinski definition) is 10. The van der Waals surface area contributed by atoms with Gasteiger partial charge in [-0.15, -0.1) is 0 Å². The second-order valence-corrected chi connectivity index (χ2v) is 9.08. The number of allylic oxidation sites excluding steroid dienone is 1. The number of nitrogens with zero attached hydrogens (tertiary/aromatic N) is 2. The summed E-state index contributed by atoms with van der Waals surface area (Å²) in [5, 5.41) is 18.6. The van der Waals surface area contributed by atoms with Crippen molar-refractivity contribution in [1.82, 2.24) is 0 Å². The van der Waals surface area contributed by atoms with E-state index < -0.39 is 0 Å². The summed E-state index contributed by atoms with van der Waals surface area (Å²) in [4.78, 5) is 24.6. The van der Waals surface area contributed by atoms with Gasteiger partial charge in [0.1, 0.15) is 29.2 Å². The second-order valence-electron chi connectivity index (χ2n) is 6.78. The van der Waals surface area contributed by atoms with Crippen molar-refractivity contribution in [1.29, 1.82) is 10.5 Å². The summed E-state index contributed by atoms with van der Waals surface area (Å²) in [6, 6.07) is 5.70. The van der Waals surface area contributed by atoms with Crippen LogP contribution in [0.25, 0.3) is 0 Å². The molecule has 2 rings (SSSR count). The normalized spacial score (nSPS) is 11.7. The molecule has 0 bridgehead atoms. The first kappa shape index (κ1) is 26.4. The first-order valence-electron chi connectivity index (χ1n) is 10.6. The Morgan fingerprint density at radius 1 is 0.909 bits per heavy atom. The lowest BCUT2D eigenvalue weighted by Crippen LogP contribution is -2.08. The van der Waals surface area contributed by atoms with Crippen LogP contribution in [0.5, 0.6) is 11.5 Å². The molecule has 176 valence electrons. The van der Waals surface area contributed by atoms with Crippen LogP contribution in [-0.4, -0.2) is 38.4 Å². The molecule has 33 heavy (non-hydrogen) atoms. The second kappa shape index (κ2) is 13.7. The molecule has 0 saturated heterocycles. The van der Waals surface area contributed by atoms with Gasteiger partial charge in [0.05, 0.1) is 40.5 Å². The van der Waals surface area contributed by atoms with Crippen LogP contribution in [0.1, 0.15) is 45.1 Å². The zero-order chi connectivity index (χ0) is 24.2. The van der Waals surface area contributed by atoms with Crippen molar-refractivity contribution in [3.05, 3.63) is 21.4 Å². The molecule has 0 aromatic heterocycles. The topological polar surface area (TPSA) is 119 Å². The highest BCUT2D eigenvalue weighted by Crippen LogP contribution is 2.59. The number of nitriles is 2. The molecule has 0 atom stereocenters. The van der Waals surface area contributed by atoms with Crippen LogP contribution in [0.4, 0.5) is 0 Å². The molecule has 0 amide bonds. The molecule has 0 spiro atoms. The summed E-state index contributed by atoms with van der Waals surface area (Å²) in [6.07, 6.45) is 1.52. The summed E-state index contributed by atoms with van der Waals surface area (Å²) in [5.41, 5.74) is 0.857. The fourth-order valence-electron chi connectivity index (χ4n) is 2.88. The lowest BCUT2D eigenvalue weighted by atomic mass is 10.2. The molecule has 0 radical (unpaired) electrons. The number of ether oxygens (including phenoxy) is 4. The zero-order valence-corrected chi connectivity index (χ0v) is 20.5. The molecular weight excluding hydrogens is 464 g/mol. The fourth-order valence-corrected chi connectivity index (χ4v) is 5.46. The minimum absolute atomic E-state index is 0.0281. The van der Waals surface area contributed by atoms with Gasteiger partial charge in [0.25, 0.3) is 0 Å². The number of thioether (sulfide) groups is 2. The number of fused-ring (bicyclic) bond motifs is 1. The highest BCUT2D eigenvalue weighted by Gasteiger charge is 2.30. The minimum atomic E-state index is -0.267. The van der Waals surface area contributed by atoms with Crippen LogP contribution in [0.2, 0.25) is 0 Å². The molecule has 0 fully saturated rings. The largest absolute Gasteiger partial charge is 0.492 e. The molecule has 0 unspecified atom stereocenters. The third kappa shape index (κ3) is 7.62. The first-order chi connectivity index (χ1) is 15.9. The molecule has 10 heteroatoms. The van der Waals surface area contributed by atoms with Crippen LogP contribution in [-0.2, 0) is 19.1 Å². The minimum Gasteiger partial charge on any atom is -0.492 e. The van der Waals surface area contributed by atoms with Gasteiger partial charge < -0.3 is 18.9 Å². The van der Waals surface area contributed by atoms with E-state index in [1.807, 2.05) is 25.1 Å². The van der Waals surface area contributed by atoms with Gasteiger partial charge in [-0.3, -0.25) is 9.59 Å². The standard InChI is InChI=1S/C23H26N2O6S2/c1-4-28-18(26)8-6-10-30-17-12-15(3)20(31-11-7-9-19(27)29-5-2)22-21(17)32-23(33-22)16(13-24)14-25/h12H,4-11H2,1-3H3. The molecule has 1 aliphatic rings. The van der Waals surface area contributed by atoms with Gasteiger partial charge in [0.2, 0.25) is 0 Å². The average Bonchev–Trinajstić information content (AvgIpc) is 3.22. The summed E-state index contributed by atoms with van der Waals surface area (Å²) in [5.74, 6) is 0.706. The van der Waals surface area contributed by atoms with Gasteiger partial charge in [0, 0.05) is 12.8 Å². The number of rotatable bonds is 12. The summed E-state index contributed by atoms with van der Waals surface area (Å²) in [7, 11) is 0. The van der Waals surface area contributed by atoms with Gasteiger partial charge in [-0.05, 0) is 45.2 Å². The van der Waals surface area contributed by atoms with Crippen LogP contribution in [0, 0.1) is 29.6 Å². The number of aryl methyl sites for hydroxylation is 1. The summed E-state index contributed by atoms with van der Waals surface area (Å²) >= 11 is 2.59. The van der Waals surface area contributed by atoms with Crippen molar-refractivity contribution in [3.63, 3.8) is 0 Å². The number of carbonyl (C=O) groups is 2. The van der Waals surface area contributed by atoms with Gasteiger partial charge in [-0.25, -0.2) is 0 Å². The van der Waals surface area contributed by atoms with Crippen molar-refractivity contribution in [2.45, 2.75) is 56.2 Å². The smallest absolute Gasteiger partial charge is 0.305 e. The van der Waals surface area contributed by atoms with E-state index in [1.165, 1.54) is 23.5 Å². The Bertz CT molecular complexity index is 978. The maximum absolute atomic E-state index is 11.5. The van der Waals surface area contributed by atoms with E-state index in [1.54, 1.807) is 13.8 Å². The van der Waals surface area contributed by atoms with E-state index in [0.29, 0.717) is 55.0 Å². The monoisotopic (exact) mass is 490 g/mol. The van der Waals surface area contributed by atoms with Crippen LogP contribution in [0.3, 0.4) is 0 Å². The maximum atomic E-state index is 11.5. The van der Waals surface area contributed by atoms with Crippen LogP contribution >= 0.6 is 23.5 Å². The Labute approximate surface area is 202 Å². The van der Waals surface area contributed by atoms with Gasteiger partial charge in [0.15, 0.2) is 0 Å². The molecule has 0 saturated carbocycles. The van der Waals surface area contributed by atoms with Crippen molar-refractivity contribution in [2.75, 3.05) is 26.4 Å². The quantitative estimate of drug-likeness (QED) is 0.227. The predicted octanol–water partition coefficient (Wildman–Crippen LogP) is 4.90. The highest BCUT2D eigenvalue weighted by atomic mass is 32.2. The number of benzene rings is 1. The van der Waals surface area contributed by atoms with E-state index in [-0.39, 0.29) is 30.4 Å². The molecule has 1 aromatic carbocycles. The van der Waals surface area contributed by atoms with Crippen molar-refractivity contribution in [3.8, 4) is 23.6 Å². The third-order valence-corrected chi connectivity index (χ3v) is 6.94. The number of hydrogen-bond donors (Lipinski definition) is 0. The Morgan fingerprint density at radius 2 is 1.45 bits per heavy atom. The van der Waals surface area contributed by atoms with Gasteiger partial charge in [-0.1, -0.05) is 23.5 Å². The summed E-state index contributed by atoms with van der Waals surface area (Å²) < 4.78 is 22.4. The van der Waals surface area contributed by atoms with Crippen molar-refractivity contribution < 1.29 is 28.5 Å². The van der Waals surface area contributed by atoms with E-state index in [0.717, 1.165) is 15.4 Å². The number of carbonyl (C=O) groups excluding carboxylic acids is 2. The fraction of sp³-hybridized carbons (Fsp3) is 0.478. The van der Waals surface area contributed by atoms with Gasteiger partial charge >= 0.3 is 11.9 Å². The Hall–Kier alpha value is -2.82. The molecule has 1 heterocycles. The van der Waals surface area contributed by atoms with E-state index in [9.17, 15) is 20.1 Å². The summed E-state index contributed by atoms with van der Waals surface area (Å²) in [6.45, 7) is 6.73. The molecular formula is C23H26N2O6S2. The highest BCUT2D eigenvalue weighted by molar-refractivity contribution is 8.24. The molecule has 1 aromatic rings. The maximum Gasteiger partial charge on any atom is 0.305 e. The Balaban J connectivity index is 2.17. The molecule has 8 nitrogen and oxygen atoms in total. The first-order valence-corrected chi connectivity index (χ1v) is 12.2. The Kier molecular flexibility index (Phi) is 10.9. The van der Waals surface area contributed by atoms with E-state index in [2.05, 4.69) is 0 Å². The van der Waals surface area contributed by atoms with Crippen molar-refractivity contribution in [2.24, 2.45) is 0 Å². The average molecular weight is 491 g/mol. The lowest BCUT2D eigenvalue weighted by Gasteiger charge is -2.16. The Morgan fingerprint density at radius 3 is 2.00 bits per heavy atom.